The van der Waals surface area contributed by atoms with Gasteiger partial charge in [0.2, 0.25) is 0 Å². The molecule has 2 unspecified atom stereocenters. The van der Waals surface area contributed by atoms with E-state index in [-0.39, 0.29) is 18.0 Å². The molecule has 2 atom stereocenters. The second kappa shape index (κ2) is 18.8. The third-order valence-electron chi connectivity index (χ3n) is 5.01. The molecule has 3 rings (SSSR count). The Morgan fingerprint density at radius 3 is 1.78 bits per heavy atom. The fourth-order valence-electron chi connectivity index (χ4n) is 2.97. The van der Waals surface area contributed by atoms with Crippen molar-refractivity contribution >= 4 is 17.6 Å². The van der Waals surface area contributed by atoms with Crippen LogP contribution >= 0.6 is 0 Å². The lowest BCUT2D eigenvalue weighted by Crippen LogP contribution is -2.22. The Morgan fingerprint density at radius 2 is 1.38 bits per heavy atom. The first kappa shape index (κ1) is 31.6. The highest BCUT2D eigenvalue weighted by Gasteiger charge is 2.21. The molecule has 0 saturated carbocycles. The van der Waals surface area contributed by atoms with Gasteiger partial charge in [-0.15, -0.1) is 0 Å². The molecule has 206 valence electrons. The summed E-state index contributed by atoms with van der Waals surface area (Å²) < 4.78 is 14.5. The van der Waals surface area contributed by atoms with E-state index in [1.54, 1.807) is 14.2 Å². The van der Waals surface area contributed by atoms with Crippen LogP contribution in [0.25, 0.3) is 0 Å². The van der Waals surface area contributed by atoms with Crippen molar-refractivity contribution in [3.05, 3.63) is 65.2 Å². The van der Waals surface area contributed by atoms with E-state index in [4.69, 9.17) is 42.9 Å². The van der Waals surface area contributed by atoms with Gasteiger partial charge in [0.25, 0.3) is 0 Å². The number of methoxy groups -OCH3 is 2. The largest absolute Gasteiger partial charge is 0.399 e. The molecule has 11 nitrogen and oxygen atoms in total. The normalized spacial score (nSPS) is 14.2. The lowest BCUT2D eigenvalue weighted by atomic mass is 10.0. The fourth-order valence-corrected chi connectivity index (χ4v) is 2.97. The highest BCUT2D eigenvalue weighted by Crippen LogP contribution is 2.10. The number of aliphatic imine (C=N–C) groups is 2. The zero-order chi connectivity index (χ0) is 27.5. The molecule has 2 aromatic carbocycles. The van der Waals surface area contributed by atoms with Crippen LogP contribution in [0, 0.1) is 0 Å². The van der Waals surface area contributed by atoms with E-state index in [9.17, 15) is 5.11 Å². The molecule has 1 heterocycles. The van der Waals surface area contributed by atoms with Gasteiger partial charge in [-0.3, -0.25) is 0 Å². The summed E-state index contributed by atoms with van der Waals surface area (Å²) >= 11 is 0. The van der Waals surface area contributed by atoms with Crippen LogP contribution in [0.15, 0.2) is 58.5 Å². The number of benzene rings is 2. The third kappa shape index (κ3) is 17.7. The molecule has 0 spiro atoms. The molecule has 0 amide bonds. The van der Waals surface area contributed by atoms with Crippen LogP contribution in [-0.2, 0) is 33.7 Å². The molecular formula is C26H43N7O4. The second-order valence-electron chi connectivity index (χ2n) is 8.45. The highest BCUT2D eigenvalue weighted by molar-refractivity contribution is 5.76. The summed E-state index contributed by atoms with van der Waals surface area (Å²) in [4.78, 5) is 7.81. The quantitative estimate of drug-likeness (QED) is 0.102. The SMILES string of the molecule is COCC(O)CCCc1ccc(CN=C(N)N)cc1.COCC1CO1.NC(N)=NCc1ccc(N)cc1. The molecule has 0 bridgehead atoms. The molecule has 2 aromatic rings. The summed E-state index contributed by atoms with van der Waals surface area (Å²) in [6, 6.07) is 15.6. The van der Waals surface area contributed by atoms with Gasteiger partial charge in [-0.25, -0.2) is 9.98 Å². The van der Waals surface area contributed by atoms with E-state index in [2.05, 4.69) is 22.1 Å². The van der Waals surface area contributed by atoms with Crippen LogP contribution in [-0.4, -0.2) is 63.3 Å². The van der Waals surface area contributed by atoms with E-state index in [1.807, 2.05) is 36.4 Å². The van der Waals surface area contributed by atoms with Gasteiger partial charge in [-0.2, -0.15) is 0 Å². The van der Waals surface area contributed by atoms with Gasteiger partial charge in [-0.05, 0) is 48.1 Å². The molecule has 11 N–H and O–H groups in total. The molecule has 0 aliphatic carbocycles. The zero-order valence-corrected chi connectivity index (χ0v) is 21.9. The Hall–Kier alpha value is -3.38. The molecule has 37 heavy (non-hydrogen) atoms. The van der Waals surface area contributed by atoms with E-state index in [0.717, 1.165) is 49.3 Å². The summed E-state index contributed by atoms with van der Waals surface area (Å²) in [5.41, 5.74) is 30.5. The number of hydrogen-bond acceptors (Lipinski definition) is 7. The van der Waals surface area contributed by atoms with Gasteiger partial charge in [0.05, 0.1) is 39.0 Å². The van der Waals surface area contributed by atoms with Gasteiger partial charge in [0.15, 0.2) is 11.9 Å². The number of ether oxygens (including phenoxy) is 3. The van der Waals surface area contributed by atoms with Crippen molar-refractivity contribution in [3.63, 3.8) is 0 Å². The molecule has 0 aromatic heterocycles. The molecule has 0 radical (unpaired) electrons. The van der Waals surface area contributed by atoms with Gasteiger partial charge in [-0.1, -0.05) is 36.4 Å². The minimum atomic E-state index is -0.369. The first-order valence-corrected chi connectivity index (χ1v) is 12.0. The van der Waals surface area contributed by atoms with E-state index < -0.39 is 0 Å². The van der Waals surface area contributed by atoms with Crippen LogP contribution < -0.4 is 28.7 Å². The van der Waals surface area contributed by atoms with Crippen LogP contribution in [0.5, 0.6) is 0 Å². The summed E-state index contributed by atoms with van der Waals surface area (Å²) in [7, 11) is 3.28. The molecule has 1 saturated heterocycles. The number of nitrogens with zero attached hydrogens (tertiary/aromatic N) is 2. The second-order valence-corrected chi connectivity index (χ2v) is 8.45. The Morgan fingerprint density at radius 1 is 0.892 bits per heavy atom. The predicted octanol–water partition coefficient (Wildman–Crippen LogP) is 0.864. The zero-order valence-electron chi connectivity index (χ0n) is 21.9. The lowest BCUT2D eigenvalue weighted by molar-refractivity contribution is 0.0581. The smallest absolute Gasteiger partial charge is 0.186 e. The number of nitrogens with two attached hydrogens (primary N) is 5. The van der Waals surface area contributed by atoms with Crippen molar-refractivity contribution in [2.24, 2.45) is 32.9 Å². The number of aliphatic hydroxyl groups excluding tert-OH is 1. The number of aryl methyl sites for hydroxylation is 1. The number of aliphatic hydroxyl groups is 1. The average molecular weight is 518 g/mol. The minimum absolute atomic E-state index is 0.104. The summed E-state index contributed by atoms with van der Waals surface area (Å²) in [6.07, 6.45) is 2.70. The molecule has 1 aliphatic heterocycles. The van der Waals surface area contributed by atoms with Gasteiger partial charge < -0.3 is 48.0 Å². The maximum atomic E-state index is 9.53. The molecular weight excluding hydrogens is 474 g/mol. The highest BCUT2D eigenvalue weighted by atomic mass is 16.6. The maximum Gasteiger partial charge on any atom is 0.186 e. The number of anilines is 1. The number of rotatable bonds is 12. The van der Waals surface area contributed by atoms with Crippen molar-refractivity contribution in [2.75, 3.05) is 39.8 Å². The number of epoxide rings is 1. The first-order chi connectivity index (χ1) is 17.7. The van der Waals surface area contributed by atoms with Crippen LogP contribution in [0.1, 0.15) is 29.5 Å². The van der Waals surface area contributed by atoms with Crippen molar-refractivity contribution in [1.29, 1.82) is 0 Å². The lowest BCUT2D eigenvalue weighted by Gasteiger charge is -2.09. The van der Waals surface area contributed by atoms with E-state index in [0.29, 0.717) is 25.8 Å². The van der Waals surface area contributed by atoms with Gasteiger partial charge in [0, 0.05) is 19.9 Å². The summed E-state index contributed by atoms with van der Waals surface area (Å²) in [5.74, 6) is 0.211. The van der Waals surface area contributed by atoms with Gasteiger partial charge in [0.1, 0.15) is 6.10 Å². The monoisotopic (exact) mass is 517 g/mol. The maximum absolute atomic E-state index is 9.53. The number of nitrogen functional groups attached to an aromatic ring is 1. The van der Waals surface area contributed by atoms with E-state index >= 15 is 0 Å². The van der Waals surface area contributed by atoms with Gasteiger partial charge >= 0.3 is 0 Å². The summed E-state index contributed by atoms with van der Waals surface area (Å²) in [5, 5.41) is 9.53. The molecule has 1 fully saturated rings. The van der Waals surface area contributed by atoms with Crippen molar-refractivity contribution in [2.45, 2.75) is 44.6 Å². The first-order valence-electron chi connectivity index (χ1n) is 12.0. The van der Waals surface area contributed by atoms with Crippen molar-refractivity contribution in [1.82, 2.24) is 0 Å². The predicted molar refractivity (Wildman–Crippen MR) is 149 cm³/mol. The minimum Gasteiger partial charge on any atom is -0.399 e. The Kier molecular flexibility index (Phi) is 16.1. The van der Waals surface area contributed by atoms with Crippen LogP contribution in [0.3, 0.4) is 0 Å². The molecule has 1 aliphatic rings. The third-order valence-corrected chi connectivity index (χ3v) is 5.01. The van der Waals surface area contributed by atoms with E-state index in [1.165, 1.54) is 5.56 Å². The van der Waals surface area contributed by atoms with Crippen LogP contribution in [0.4, 0.5) is 5.69 Å². The summed E-state index contributed by atoms with van der Waals surface area (Å²) in [6.45, 7) is 3.07. The number of hydrogen-bond donors (Lipinski definition) is 6. The Balaban J connectivity index is 0.000000320. The Labute approximate surface area is 219 Å². The standard InChI is InChI=1S/C14H23N3O2.C8H12N4.C4H8O2/c1-19-10-13(18)4-2-3-11-5-7-12(8-6-11)9-17-14(15)16;9-7-3-1-6(2-4-7)5-12-8(10)11;1-5-2-4-3-6-4/h5-8,13,18H,2-4,9-10H2,1H3,(H4,15,16,17);1-4H,5,9H2,(H4,10,11,12);4H,2-3H2,1H3. The van der Waals surface area contributed by atoms with Crippen molar-refractivity contribution in [3.8, 4) is 0 Å². The van der Waals surface area contributed by atoms with Crippen molar-refractivity contribution < 1.29 is 19.3 Å². The number of guanidine groups is 2. The average Bonchev–Trinajstić information content (AvgIpc) is 3.69. The molecule has 11 heteroatoms. The fraction of sp³-hybridized carbons (Fsp3) is 0.462. The van der Waals surface area contributed by atoms with Crippen LogP contribution in [0.2, 0.25) is 0 Å². The topological polar surface area (TPSA) is 206 Å². The Bertz CT molecular complexity index is 910.